The van der Waals surface area contributed by atoms with Gasteiger partial charge < -0.3 is 20.1 Å². The summed E-state index contributed by atoms with van der Waals surface area (Å²) in [5.41, 5.74) is -3.80. The lowest BCUT2D eigenvalue weighted by molar-refractivity contribution is -0.117. The normalized spacial score (nSPS) is 16.7. The zero-order valence-corrected chi connectivity index (χ0v) is 31.7. The first-order valence-electron chi connectivity index (χ1n) is 14.6. The van der Waals surface area contributed by atoms with Crippen LogP contribution >= 0.6 is 69.6 Å². The van der Waals surface area contributed by atoms with Gasteiger partial charge in [-0.2, -0.15) is 4.90 Å². The van der Waals surface area contributed by atoms with E-state index in [1.165, 1.54) is 71.9 Å². The highest BCUT2D eigenvalue weighted by atomic mass is 35.5. The number of imide groups is 1. The number of rotatable bonds is 6. The molecule has 50 heavy (non-hydrogen) atoms. The fourth-order valence-corrected chi connectivity index (χ4v) is 6.37. The molecule has 4 rings (SSSR count). The van der Waals surface area contributed by atoms with Crippen LogP contribution in [0.15, 0.2) is 42.5 Å². The fourth-order valence-electron chi connectivity index (χ4n) is 4.72. The molecule has 3 aromatic rings. The van der Waals surface area contributed by atoms with Gasteiger partial charge in [0, 0.05) is 11.6 Å². The SMILES string of the molecule is CC(C)(C)OC(=O)N(C(=O)OC(C)(C)C)c1c(F)ccc(NC(=O)c2cc(NC(=O)C3[C@H](c4cc(Cl)c(Cl)c(Cl)c4)C3(Cl)Cl)ccc2Cl)c1F. The molecule has 3 aromatic carbocycles. The van der Waals surface area contributed by atoms with Gasteiger partial charge in [0.15, 0.2) is 11.6 Å². The van der Waals surface area contributed by atoms with Crippen LogP contribution in [0.25, 0.3) is 0 Å². The summed E-state index contributed by atoms with van der Waals surface area (Å²) < 4.78 is 40.0. The first-order valence-corrected chi connectivity index (χ1v) is 16.9. The van der Waals surface area contributed by atoms with E-state index in [-0.39, 0.29) is 36.2 Å². The third-order valence-corrected chi connectivity index (χ3v) is 9.34. The van der Waals surface area contributed by atoms with Crippen LogP contribution in [0.4, 0.5) is 35.4 Å². The molecule has 1 aliphatic rings. The van der Waals surface area contributed by atoms with Crippen molar-refractivity contribution in [3.05, 3.63) is 85.3 Å². The van der Waals surface area contributed by atoms with Crippen molar-refractivity contribution in [3.8, 4) is 0 Å². The summed E-state index contributed by atoms with van der Waals surface area (Å²) in [6, 6.07) is 8.48. The van der Waals surface area contributed by atoms with Crippen molar-refractivity contribution in [1.29, 1.82) is 0 Å². The van der Waals surface area contributed by atoms with Crippen molar-refractivity contribution in [1.82, 2.24) is 0 Å². The van der Waals surface area contributed by atoms with Gasteiger partial charge in [-0.3, -0.25) is 9.59 Å². The molecule has 0 aromatic heterocycles. The van der Waals surface area contributed by atoms with Crippen LogP contribution in [0.3, 0.4) is 0 Å². The van der Waals surface area contributed by atoms with Crippen LogP contribution < -0.4 is 15.5 Å². The van der Waals surface area contributed by atoms with Gasteiger partial charge in [-0.05, 0) is 89.6 Å². The van der Waals surface area contributed by atoms with E-state index in [9.17, 15) is 19.2 Å². The molecule has 2 N–H and O–H groups in total. The molecule has 1 saturated carbocycles. The summed E-state index contributed by atoms with van der Waals surface area (Å²) >= 11 is 37.5. The third-order valence-electron chi connectivity index (χ3n) is 6.87. The Balaban J connectivity index is 1.60. The third kappa shape index (κ3) is 8.86. The zero-order valence-electron chi connectivity index (χ0n) is 27.1. The summed E-state index contributed by atoms with van der Waals surface area (Å²) in [7, 11) is 0. The molecule has 17 heteroatoms. The molecule has 0 heterocycles. The molecule has 0 spiro atoms. The van der Waals surface area contributed by atoms with Gasteiger partial charge in [0.1, 0.15) is 21.2 Å². The maximum atomic E-state index is 16.0. The molecule has 1 unspecified atom stereocenters. The molecule has 9 nitrogen and oxygen atoms in total. The van der Waals surface area contributed by atoms with E-state index >= 15 is 8.78 Å². The number of halogens is 8. The lowest BCUT2D eigenvalue weighted by atomic mass is 10.1. The molecule has 1 aliphatic carbocycles. The molecule has 1 fully saturated rings. The van der Waals surface area contributed by atoms with Crippen molar-refractivity contribution >= 4 is 111 Å². The Kier molecular flexibility index (Phi) is 11.5. The zero-order chi connectivity index (χ0) is 37.7. The van der Waals surface area contributed by atoms with Crippen LogP contribution in [0.1, 0.15) is 63.4 Å². The maximum absolute atomic E-state index is 16.0. The number of carbonyl (C=O) groups excluding carboxylic acids is 4. The van der Waals surface area contributed by atoms with Gasteiger partial charge in [0.2, 0.25) is 5.91 Å². The molecular weight excluding hydrogens is 785 g/mol. The first-order chi connectivity index (χ1) is 22.9. The Labute approximate surface area is 316 Å². The number of nitrogens with one attached hydrogen (secondary N) is 2. The Morgan fingerprint density at radius 3 is 1.84 bits per heavy atom. The maximum Gasteiger partial charge on any atom is 0.424 e. The molecule has 0 bridgehead atoms. The van der Waals surface area contributed by atoms with Crippen LogP contribution in [0.2, 0.25) is 20.1 Å². The summed E-state index contributed by atoms with van der Waals surface area (Å²) in [5, 5.41) is 5.18. The van der Waals surface area contributed by atoms with Gasteiger partial charge in [0.05, 0.1) is 37.3 Å². The summed E-state index contributed by atoms with van der Waals surface area (Å²) in [6.07, 6.45) is -2.87. The van der Waals surface area contributed by atoms with E-state index in [0.29, 0.717) is 5.56 Å². The van der Waals surface area contributed by atoms with Gasteiger partial charge in [-0.15, -0.1) is 23.2 Å². The Morgan fingerprint density at radius 1 is 0.780 bits per heavy atom. The number of alkyl halides is 2. The topological polar surface area (TPSA) is 114 Å². The quantitative estimate of drug-likeness (QED) is 0.189. The van der Waals surface area contributed by atoms with Gasteiger partial charge in [0.25, 0.3) is 5.91 Å². The van der Waals surface area contributed by atoms with Gasteiger partial charge in [-0.1, -0.05) is 46.4 Å². The molecule has 4 amide bonds. The number of amides is 4. The highest BCUT2D eigenvalue weighted by Gasteiger charge is 2.67. The Bertz CT molecular complexity index is 1850. The minimum Gasteiger partial charge on any atom is -0.443 e. The van der Waals surface area contributed by atoms with Crippen molar-refractivity contribution in [2.45, 2.75) is 63.0 Å². The number of nitrogens with zero attached hydrogens (tertiary/aromatic N) is 1. The predicted molar refractivity (Wildman–Crippen MR) is 191 cm³/mol. The highest BCUT2D eigenvalue weighted by Crippen LogP contribution is 2.65. The average Bonchev–Trinajstić information content (AvgIpc) is 3.55. The van der Waals surface area contributed by atoms with Crippen LogP contribution in [0.5, 0.6) is 0 Å². The number of anilines is 3. The van der Waals surface area contributed by atoms with E-state index < -0.39 is 74.4 Å². The minimum atomic E-state index is -1.53. The summed E-state index contributed by atoms with van der Waals surface area (Å²) in [5.74, 6) is -6.12. The highest BCUT2D eigenvalue weighted by molar-refractivity contribution is 6.54. The lowest BCUT2D eigenvalue weighted by Gasteiger charge is -2.29. The lowest BCUT2D eigenvalue weighted by Crippen LogP contribution is -2.44. The molecule has 0 aliphatic heterocycles. The van der Waals surface area contributed by atoms with Crippen molar-refractivity contribution in [2.24, 2.45) is 5.92 Å². The molecular formula is C33H29Cl6F2N3O6. The van der Waals surface area contributed by atoms with E-state index in [1.807, 2.05) is 0 Å². The number of ether oxygens (including phenoxy) is 2. The second-order valence-electron chi connectivity index (χ2n) is 13.1. The number of carbonyl (C=O) groups is 4. The van der Waals surface area contributed by atoms with E-state index in [1.54, 1.807) is 0 Å². The summed E-state index contributed by atoms with van der Waals surface area (Å²) in [4.78, 5) is 52.8. The van der Waals surface area contributed by atoms with Crippen LogP contribution in [-0.4, -0.2) is 39.5 Å². The smallest absolute Gasteiger partial charge is 0.424 e. The number of benzene rings is 3. The van der Waals surface area contributed by atoms with E-state index in [0.717, 1.165) is 12.1 Å². The van der Waals surface area contributed by atoms with Crippen molar-refractivity contribution in [2.75, 3.05) is 15.5 Å². The van der Waals surface area contributed by atoms with Gasteiger partial charge in [-0.25, -0.2) is 18.4 Å². The first kappa shape index (κ1) is 39.7. The second-order valence-corrected chi connectivity index (χ2v) is 16.2. The molecule has 0 radical (unpaired) electrons. The minimum absolute atomic E-state index is 0.0603. The van der Waals surface area contributed by atoms with Crippen LogP contribution in [-0.2, 0) is 14.3 Å². The monoisotopic (exact) mass is 811 g/mol. The van der Waals surface area contributed by atoms with Gasteiger partial charge >= 0.3 is 12.2 Å². The fraction of sp³-hybridized carbons (Fsp3) is 0.333. The van der Waals surface area contributed by atoms with E-state index in [4.69, 9.17) is 79.1 Å². The predicted octanol–water partition coefficient (Wildman–Crippen LogP) is 11.0. The standard InChI is InChI=1S/C33H29Cl6F2N3O6/c1-31(2,3)49-29(47)44(30(48)50-32(4,5)6)26-20(40)9-10-21(25(26)41)43-27(45)16-13-15(7-8-17(16)34)42-28(46)23-22(33(23,38)39)14-11-18(35)24(37)19(36)12-14/h7-13,22-23H,1-6H3,(H,42,46)(H,43,45)/t22-,23?/m0/s1. The number of hydrogen-bond acceptors (Lipinski definition) is 6. The van der Waals surface area contributed by atoms with E-state index in [2.05, 4.69) is 10.6 Å². The van der Waals surface area contributed by atoms with Crippen molar-refractivity contribution in [3.63, 3.8) is 0 Å². The van der Waals surface area contributed by atoms with Crippen molar-refractivity contribution < 1.29 is 37.4 Å². The molecule has 0 saturated heterocycles. The number of hydrogen-bond donors (Lipinski definition) is 2. The average molecular weight is 814 g/mol. The Morgan fingerprint density at radius 2 is 1.32 bits per heavy atom. The largest absolute Gasteiger partial charge is 0.443 e. The molecule has 2 atom stereocenters. The summed E-state index contributed by atoms with van der Waals surface area (Å²) in [6.45, 7) is 8.91. The molecule has 268 valence electrons. The van der Waals surface area contributed by atoms with Crippen LogP contribution in [0, 0.1) is 17.6 Å². The Hall–Kier alpha value is -3.06. The second kappa shape index (κ2) is 14.5.